The predicted octanol–water partition coefficient (Wildman–Crippen LogP) is 0.280. The van der Waals surface area contributed by atoms with Crippen LogP contribution < -0.4 is 10.6 Å². The molecule has 1 aliphatic rings. The van der Waals surface area contributed by atoms with Crippen molar-refractivity contribution in [1.29, 1.82) is 0 Å². The Morgan fingerprint density at radius 2 is 2.17 bits per heavy atom. The van der Waals surface area contributed by atoms with Crippen LogP contribution in [-0.2, 0) is 9.53 Å². The van der Waals surface area contributed by atoms with E-state index in [1.807, 2.05) is 0 Å². The highest BCUT2D eigenvalue weighted by atomic mass is 16.5. The van der Waals surface area contributed by atoms with Gasteiger partial charge in [0.25, 0.3) is 0 Å². The minimum Gasteiger partial charge on any atom is -0.396 e. The zero-order chi connectivity index (χ0) is 13.2. The lowest BCUT2D eigenvalue weighted by atomic mass is 9.85. The molecule has 0 heterocycles. The lowest BCUT2D eigenvalue weighted by Crippen LogP contribution is -2.45. The molecule has 0 aromatic carbocycles. The van der Waals surface area contributed by atoms with Crippen LogP contribution in [0.2, 0.25) is 0 Å². The number of carbonyl (C=O) groups excluding carboxylic acids is 1. The van der Waals surface area contributed by atoms with Gasteiger partial charge in [0.05, 0.1) is 6.54 Å². The van der Waals surface area contributed by atoms with Gasteiger partial charge in [-0.2, -0.15) is 0 Å². The van der Waals surface area contributed by atoms with Crippen molar-refractivity contribution in [3.8, 4) is 0 Å². The highest BCUT2D eigenvalue weighted by molar-refractivity contribution is 5.77. The highest BCUT2D eigenvalue weighted by Crippen LogP contribution is 2.23. The summed E-state index contributed by atoms with van der Waals surface area (Å²) in [7, 11) is 1.65. The van der Waals surface area contributed by atoms with Crippen LogP contribution in [-0.4, -0.2) is 50.5 Å². The maximum Gasteiger partial charge on any atom is 0.233 e. The third-order valence-electron chi connectivity index (χ3n) is 3.52. The lowest BCUT2D eigenvalue weighted by Gasteiger charge is -2.30. The summed E-state index contributed by atoms with van der Waals surface area (Å²) in [4.78, 5) is 11.6. The van der Waals surface area contributed by atoms with Gasteiger partial charge in [-0.15, -0.1) is 0 Å². The predicted molar refractivity (Wildman–Crippen MR) is 70.3 cm³/mol. The van der Waals surface area contributed by atoms with Gasteiger partial charge in [0.1, 0.15) is 0 Å². The Labute approximate surface area is 109 Å². The molecule has 1 aliphatic carbocycles. The van der Waals surface area contributed by atoms with Crippen LogP contribution in [0.5, 0.6) is 0 Å². The zero-order valence-electron chi connectivity index (χ0n) is 11.3. The van der Waals surface area contributed by atoms with E-state index < -0.39 is 0 Å². The van der Waals surface area contributed by atoms with Gasteiger partial charge in [-0.1, -0.05) is 12.8 Å². The smallest absolute Gasteiger partial charge is 0.233 e. The fourth-order valence-corrected chi connectivity index (χ4v) is 2.43. The Hall–Kier alpha value is -0.650. The third-order valence-corrected chi connectivity index (χ3v) is 3.52. The molecule has 0 aromatic heterocycles. The number of ether oxygens (including phenoxy) is 1. The van der Waals surface area contributed by atoms with Crippen LogP contribution in [0.15, 0.2) is 0 Å². The summed E-state index contributed by atoms with van der Waals surface area (Å²) in [6, 6.07) is 0.286. The number of hydrogen-bond donors (Lipinski definition) is 3. The summed E-state index contributed by atoms with van der Waals surface area (Å²) in [6.45, 7) is 1.88. The fourth-order valence-electron chi connectivity index (χ4n) is 2.43. The number of amides is 1. The van der Waals surface area contributed by atoms with Crippen molar-refractivity contribution in [2.24, 2.45) is 5.92 Å². The molecule has 1 rings (SSSR count). The number of aliphatic hydroxyl groups excluding tert-OH is 1. The van der Waals surface area contributed by atoms with E-state index in [9.17, 15) is 9.90 Å². The van der Waals surface area contributed by atoms with Crippen LogP contribution in [0.4, 0.5) is 0 Å². The van der Waals surface area contributed by atoms with Crippen molar-refractivity contribution in [3.05, 3.63) is 0 Å². The summed E-state index contributed by atoms with van der Waals surface area (Å²) in [6.07, 6.45) is 5.33. The van der Waals surface area contributed by atoms with Crippen molar-refractivity contribution in [1.82, 2.24) is 10.6 Å². The molecular formula is C13H26N2O3. The highest BCUT2D eigenvalue weighted by Gasteiger charge is 2.24. The number of aliphatic hydroxyl groups is 1. The fraction of sp³-hybridized carbons (Fsp3) is 0.923. The molecule has 1 saturated carbocycles. The SMILES string of the molecule is COCCCNC(=O)CNC1CCCCC1CO. The largest absolute Gasteiger partial charge is 0.396 e. The molecule has 5 heteroatoms. The van der Waals surface area contributed by atoms with Gasteiger partial charge in [0, 0.05) is 32.9 Å². The maximum atomic E-state index is 11.6. The van der Waals surface area contributed by atoms with E-state index in [0.29, 0.717) is 25.6 Å². The van der Waals surface area contributed by atoms with Crippen LogP contribution in [0.3, 0.4) is 0 Å². The van der Waals surface area contributed by atoms with E-state index in [0.717, 1.165) is 19.3 Å². The number of methoxy groups -OCH3 is 1. The minimum atomic E-state index is 0.0216. The molecule has 0 aromatic rings. The Balaban J connectivity index is 2.12. The third kappa shape index (κ3) is 5.80. The van der Waals surface area contributed by atoms with E-state index in [4.69, 9.17) is 4.74 Å². The average molecular weight is 258 g/mol. The summed E-state index contributed by atoms with van der Waals surface area (Å²) in [5.74, 6) is 0.327. The Bertz CT molecular complexity index is 236. The summed E-state index contributed by atoms with van der Waals surface area (Å²) in [5.41, 5.74) is 0. The van der Waals surface area contributed by atoms with Crippen LogP contribution in [0, 0.1) is 5.92 Å². The molecule has 1 fully saturated rings. The van der Waals surface area contributed by atoms with E-state index in [1.165, 1.54) is 12.8 Å². The Morgan fingerprint density at radius 3 is 2.89 bits per heavy atom. The van der Waals surface area contributed by atoms with Crippen LogP contribution in [0.25, 0.3) is 0 Å². The van der Waals surface area contributed by atoms with Gasteiger partial charge in [0.2, 0.25) is 5.91 Å². The molecule has 0 saturated heterocycles. The number of hydrogen-bond acceptors (Lipinski definition) is 4. The molecular weight excluding hydrogens is 232 g/mol. The molecule has 0 spiro atoms. The van der Waals surface area contributed by atoms with Crippen molar-refractivity contribution in [3.63, 3.8) is 0 Å². The van der Waals surface area contributed by atoms with Crippen molar-refractivity contribution >= 4 is 5.91 Å². The van der Waals surface area contributed by atoms with Gasteiger partial charge in [0.15, 0.2) is 0 Å². The first-order valence-corrected chi connectivity index (χ1v) is 6.87. The van der Waals surface area contributed by atoms with E-state index >= 15 is 0 Å². The molecule has 106 valence electrons. The van der Waals surface area contributed by atoms with E-state index in [-0.39, 0.29) is 18.6 Å². The molecule has 2 atom stereocenters. The summed E-state index contributed by atoms with van der Waals surface area (Å²) < 4.78 is 4.91. The normalized spacial score (nSPS) is 23.9. The Kier molecular flexibility index (Phi) is 7.96. The quantitative estimate of drug-likeness (QED) is 0.547. The second kappa shape index (κ2) is 9.30. The monoisotopic (exact) mass is 258 g/mol. The zero-order valence-corrected chi connectivity index (χ0v) is 11.3. The first-order chi connectivity index (χ1) is 8.77. The van der Waals surface area contributed by atoms with Gasteiger partial charge in [-0.05, 0) is 25.2 Å². The van der Waals surface area contributed by atoms with Gasteiger partial charge < -0.3 is 20.5 Å². The second-order valence-corrected chi connectivity index (χ2v) is 4.91. The first kappa shape index (κ1) is 15.4. The van der Waals surface area contributed by atoms with Crippen LogP contribution in [0.1, 0.15) is 32.1 Å². The standard InChI is InChI=1S/C13H26N2O3/c1-18-8-4-7-14-13(17)9-15-12-6-3-2-5-11(12)10-16/h11-12,15-16H,2-10H2,1H3,(H,14,17). The van der Waals surface area contributed by atoms with Gasteiger partial charge in [-0.25, -0.2) is 0 Å². The molecule has 18 heavy (non-hydrogen) atoms. The van der Waals surface area contributed by atoms with Crippen molar-refractivity contribution in [2.45, 2.75) is 38.1 Å². The molecule has 2 unspecified atom stereocenters. The average Bonchev–Trinajstić information content (AvgIpc) is 2.41. The maximum absolute atomic E-state index is 11.6. The molecule has 0 bridgehead atoms. The molecule has 3 N–H and O–H groups in total. The van der Waals surface area contributed by atoms with Crippen molar-refractivity contribution in [2.75, 3.05) is 33.4 Å². The Morgan fingerprint density at radius 1 is 1.39 bits per heavy atom. The van der Waals surface area contributed by atoms with Gasteiger partial charge >= 0.3 is 0 Å². The molecule has 5 nitrogen and oxygen atoms in total. The number of rotatable bonds is 8. The second-order valence-electron chi connectivity index (χ2n) is 4.91. The lowest BCUT2D eigenvalue weighted by molar-refractivity contribution is -0.120. The molecule has 1 amide bonds. The number of nitrogens with one attached hydrogen (secondary N) is 2. The topological polar surface area (TPSA) is 70.6 Å². The molecule has 0 radical (unpaired) electrons. The summed E-state index contributed by atoms with van der Waals surface area (Å²) in [5, 5.41) is 15.4. The van der Waals surface area contributed by atoms with Gasteiger partial charge in [-0.3, -0.25) is 4.79 Å². The molecule has 0 aliphatic heterocycles. The minimum absolute atomic E-state index is 0.0216. The van der Waals surface area contributed by atoms with Crippen LogP contribution >= 0.6 is 0 Å². The van der Waals surface area contributed by atoms with E-state index in [2.05, 4.69) is 10.6 Å². The summed E-state index contributed by atoms with van der Waals surface area (Å²) >= 11 is 0. The van der Waals surface area contributed by atoms with E-state index in [1.54, 1.807) is 7.11 Å². The number of carbonyl (C=O) groups is 1. The first-order valence-electron chi connectivity index (χ1n) is 6.87. The van der Waals surface area contributed by atoms with Crippen molar-refractivity contribution < 1.29 is 14.6 Å².